The lowest BCUT2D eigenvalue weighted by Gasteiger charge is -2.32. The number of aromatic hydroxyl groups is 2. The summed E-state index contributed by atoms with van der Waals surface area (Å²) in [6, 6.07) is 4.37. The number of carbonyl (C=O) groups is 1. The van der Waals surface area contributed by atoms with Crippen molar-refractivity contribution < 1.29 is 15.0 Å². The Morgan fingerprint density at radius 3 is 2.68 bits per heavy atom. The lowest BCUT2D eigenvalue weighted by Crippen LogP contribution is -2.40. The van der Waals surface area contributed by atoms with Gasteiger partial charge in [-0.1, -0.05) is 22.0 Å². The lowest BCUT2D eigenvalue weighted by molar-refractivity contribution is 0.0666. The van der Waals surface area contributed by atoms with E-state index in [9.17, 15) is 15.0 Å². The van der Waals surface area contributed by atoms with E-state index in [0.717, 1.165) is 24.6 Å². The molecule has 0 spiro atoms. The second kappa shape index (κ2) is 6.28. The fourth-order valence-electron chi connectivity index (χ4n) is 2.54. The second-order valence-electron chi connectivity index (χ2n) is 4.91. The standard InChI is InChI=1S/C14H18BrNO3/c15-7-6-10-3-2-8-16(9-10)14(19)13-11(17)4-1-5-12(13)18/h1,4-5,10,17-18H,2-3,6-9H2. The summed E-state index contributed by atoms with van der Waals surface area (Å²) < 4.78 is 0. The summed E-state index contributed by atoms with van der Waals surface area (Å²) in [5.41, 5.74) is 0.0157. The third-order valence-electron chi connectivity index (χ3n) is 3.56. The zero-order chi connectivity index (χ0) is 13.8. The molecule has 1 saturated heterocycles. The van der Waals surface area contributed by atoms with Gasteiger partial charge in [-0.3, -0.25) is 4.79 Å². The molecule has 1 fully saturated rings. The number of hydrogen-bond acceptors (Lipinski definition) is 3. The number of hydrogen-bond donors (Lipinski definition) is 2. The second-order valence-corrected chi connectivity index (χ2v) is 5.70. The average molecular weight is 328 g/mol. The highest BCUT2D eigenvalue weighted by Gasteiger charge is 2.27. The van der Waals surface area contributed by atoms with Crippen molar-refractivity contribution in [1.29, 1.82) is 0 Å². The fourth-order valence-corrected chi connectivity index (χ4v) is 3.19. The molecule has 1 aromatic carbocycles. The first-order valence-corrected chi connectivity index (χ1v) is 7.61. The quantitative estimate of drug-likeness (QED) is 0.839. The predicted molar refractivity (Wildman–Crippen MR) is 76.8 cm³/mol. The third-order valence-corrected chi connectivity index (χ3v) is 4.02. The highest BCUT2D eigenvalue weighted by Crippen LogP contribution is 2.30. The predicted octanol–water partition coefficient (Wildman–Crippen LogP) is 2.74. The number of phenols is 2. The molecule has 1 atom stereocenters. The van der Waals surface area contributed by atoms with Gasteiger partial charge in [0.2, 0.25) is 0 Å². The maximum absolute atomic E-state index is 12.4. The molecule has 4 nitrogen and oxygen atoms in total. The van der Waals surface area contributed by atoms with Gasteiger partial charge in [-0.05, 0) is 37.3 Å². The van der Waals surface area contributed by atoms with Gasteiger partial charge in [-0.15, -0.1) is 0 Å². The Morgan fingerprint density at radius 1 is 1.37 bits per heavy atom. The van der Waals surface area contributed by atoms with Gasteiger partial charge in [0.05, 0.1) is 0 Å². The molecule has 0 radical (unpaired) electrons. The van der Waals surface area contributed by atoms with Crippen LogP contribution >= 0.6 is 15.9 Å². The topological polar surface area (TPSA) is 60.8 Å². The Kier molecular flexibility index (Phi) is 4.69. The van der Waals surface area contributed by atoms with Crippen LogP contribution in [0.4, 0.5) is 0 Å². The molecule has 1 amide bonds. The molecule has 1 aliphatic heterocycles. The number of amides is 1. The van der Waals surface area contributed by atoms with Gasteiger partial charge < -0.3 is 15.1 Å². The Balaban J connectivity index is 2.15. The van der Waals surface area contributed by atoms with E-state index in [1.54, 1.807) is 4.90 Å². The number of carbonyl (C=O) groups excluding carboxylic acids is 1. The summed E-state index contributed by atoms with van der Waals surface area (Å²) in [6.45, 7) is 1.38. The van der Waals surface area contributed by atoms with Crippen LogP contribution in [0.2, 0.25) is 0 Å². The van der Waals surface area contributed by atoms with Crippen molar-refractivity contribution in [3.8, 4) is 11.5 Å². The van der Waals surface area contributed by atoms with Gasteiger partial charge in [-0.25, -0.2) is 0 Å². The Labute approximate surface area is 121 Å². The molecule has 0 saturated carbocycles. The molecule has 0 aliphatic carbocycles. The van der Waals surface area contributed by atoms with E-state index in [1.807, 2.05) is 0 Å². The smallest absolute Gasteiger partial charge is 0.261 e. The number of piperidine rings is 1. The Bertz CT molecular complexity index is 442. The Hall–Kier alpha value is -1.23. The zero-order valence-corrected chi connectivity index (χ0v) is 12.3. The maximum atomic E-state index is 12.4. The number of rotatable bonds is 3. The van der Waals surface area contributed by atoms with E-state index in [-0.39, 0.29) is 23.0 Å². The molecule has 0 aromatic heterocycles. The number of alkyl halides is 1. The lowest BCUT2D eigenvalue weighted by atomic mass is 9.95. The van der Waals surface area contributed by atoms with Crippen molar-refractivity contribution in [2.75, 3.05) is 18.4 Å². The largest absolute Gasteiger partial charge is 0.507 e. The fraction of sp³-hybridized carbons (Fsp3) is 0.500. The van der Waals surface area contributed by atoms with E-state index in [1.165, 1.54) is 18.2 Å². The molecule has 1 unspecified atom stereocenters. The monoisotopic (exact) mass is 327 g/mol. The molecule has 5 heteroatoms. The maximum Gasteiger partial charge on any atom is 0.261 e. The molecule has 104 valence electrons. The minimum atomic E-state index is -0.283. The van der Waals surface area contributed by atoms with Crippen LogP contribution in [-0.4, -0.2) is 39.4 Å². The average Bonchev–Trinajstić information content (AvgIpc) is 2.39. The van der Waals surface area contributed by atoms with Crippen molar-refractivity contribution >= 4 is 21.8 Å². The molecule has 2 N–H and O–H groups in total. The van der Waals surface area contributed by atoms with Crippen molar-refractivity contribution in [2.45, 2.75) is 19.3 Å². The van der Waals surface area contributed by atoms with Gasteiger partial charge in [-0.2, -0.15) is 0 Å². The molecule has 1 heterocycles. The van der Waals surface area contributed by atoms with Gasteiger partial charge in [0.25, 0.3) is 5.91 Å². The van der Waals surface area contributed by atoms with Crippen LogP contribution in [-0.2, 0) is 0 Å². The summed E-state index contributed by atoms with van der Waals surface area (Å²) in [5, 5.41) is 20.4. The summed E-state index contributed by atoms with van der Waals surface area (Å²) in [6.07, 6.45) is 3.14. The van der Waals surface area contributed by atoms with E-state index >= 15 is 0 Å². The number of likely N-dealkylation sites (tertiary alicyclic amines) is 1. The number of halogens is 1. The SMILES string of the molecule is O=C(c1c(O)cccc1O)N1CCCC(CCBr)C1. The van der Waals surface area contributed by atoms with Crippen LogP contribution in [0.3, 0.4) is 0 Å². The minimum Gasteiger partial charge on any atom is -0.507 e. The molecule has 1 aromatic rings. The summed E-state index contributed by atoms with van der Waals surface area (Å²) in [4.78, 5) is 14.1. The van der Waals surface area contributed by atoms with Crippen molar-refractivity contribution in [3.63, 3.8) is 0 Å². The van der Waals surface area contributed by atoms with Crippen LogP contribution in [0.5, 0.6) is 11.5 Å². The van der Waals surface area contributed by atoms with E-state index in [0.29, 0.717) is 19.0 Å². The number of nitrogens with zero attached hydrogens (tertiary/aromatic N) is 1. The summed E-state index contributed by atoms with van der Waals surface area (Å²) in [5.74, 6) is -0.111. The third kappa shape index (κ3) is 3.21. The van der Waals surface area contributed by atoms with Crippen LogP contribution < -0.4 is 0 Å². The van der Waals surface area contributed by atoms with Crippen molar-refractivity contribution in [1.82, 2.24) is 4.90 Å². The minimum absolute atomic E-state index is 0.0157. The van der Waals surface area contributed by atoms with Gasteiger partial charge in [0, 0.05) is 18.4 Å². The normalized spacial score (nSPS) is 19.4. The van der Waals surface area contributed by atoms with Crippen molar-refractivity contribution in [2.24, 2.45) is 5.92 Å². The van der Waals surface area contributed by atoms with E-state index in [2.05, 4.69) is 15.9 Å². The Morgan fingerprint density at radius 2 is 2.05 bits per heavy atom. The first kappa shape index (κ1) is 14.2. The van der Waals surface area contributed by atoms with Gasteiger partial charge >= 0.3 is 0 Å². The van der Waals surface area contributed by atoms with E-state index in [4.69, 9.17) is 0 Å². The molecule has 0 bridgehead atoms. The number of phenolic OH excluding ortho intramolecular Hbond substituents is 2. The highest BCUT2D eigenvalue weighted by atomic mass is 79.9. The molecule has 2 rings (SSSR count). The summed E-state index contributed by atoms with van der Waals surface area (Å²) in [7, 11) is 0. The zero-order valence-electron chi connectivity index (χ0n) is 10.7. The van der Waals surface area contributed by atoms with Gasteiger partial charge in [0.1, 0.15) is 17.1 Å². The van der Waals surface area contributed by atoms with E-state index < -0.39 is 0 Å². The molecule has 19 heavy (non-hydrogen) atoms. The molecular formula is C14H18BrNO3. The summed E-state index contributed by atoms with van der Waals surface area (Å²) >= 11 is 3.43. The first-order chi connectivity index (χ1) is 9.13. The van der Waals surface area contributed by atoms with Crippen LogP contribution in [0.25, 0.3) is 0 Å². The molecular weight excluding hydrogens is 310 g/mol. The number of benzene rings is 1. The first-order valence-electron chi connectivity index (χ1n) is 6.49. The van der Waals surface area contributed by atoms with Gasteiger partial charge in [0.15, 0.2) is 0 Å². The highest BCUT2D eigenvalue weighted by molar-refractivity contribution is 9.09. The van der Waals surface area contributed by atoms with Crippen molar-refractivity contribution in [3.05, 3.63) is 23.8 Å². The van der Waals surface area contributed by atoms with Crippen LogP contribution in [0, 0.1) is 5.92 Å². The van der Waals surface area contributed by atoms with Crippen LogP contribution in [0.1, 0.15) is 29.6 Å². The molecule has 1 aliphatic rings. The van der Waals surface area contributed by atoms with Crippen LogP contribution in [0.15, 0.2) is 18.2 Å².